The Kier molecular flexibility index (Phi) is 5.32. The Morgan fingerprint density at radius 1 is 0.913 bits per heavy atom. The minimum Gasteiger partial charge on any atom is -0.459 e. The van der Waals surface area contributed by atoms with Crippen molar-refractivity contribution in [2.75, 3.05) is 0 Å². The minimum absolute atomic E-state index is 0.205. The molecule has 0 bridgehead atoms. The van der Waals surface area contributed by atoms with Gasteiger partial charge in [-0.25, -0.2) is 0 Å². The average molecular weight is 310 g/mol. The van der Waals surface area contributed by atoms with Gasteiger partial charge in [-0.1, -0.05) is 60.7 Å². The van der Waals surface area contributed by atoms with E-state index in [1.54, 1.807) is 45.0 Å². The lowest BCUT2D eigenvalue weighted by molar-refractivity contribution is -0.158. The highest BCUT2D eigenvalue weighted by molar-refractivity contribution is 6.08. The normalized spacial score (nSPS) is 12.5. The first kappa shape index (κ1) is 16.9. The summed E-state index contributed by atoms with van der Waals surface area (Å²) in [7, 11) is 0. The first-order valence-electron chi connectivity index (χ1n) is 7.73. The van der Waals surface area contributed by atoms with Crippen LogP contribution in [-0.2, 0) is 16.0 Å². The summed E-state index contributed by atoms with van der Waals surface area (Å²) in [5.41, 5.74) is 0.843. The number of carbonyl (C=O) groups is 2. The molecule has 1 atom stereocenters. The van der Waals surface area contributed by atoms with Gasteiger partial charge in [0.05, 0.1) is 0 Å². The Morgan fingerprint density at radius 3 is 1.96 bits per heavy atom. The van der Waals surface area contributed by atoms with Crippen LogP contribution in [0.1, 0.15) is 36.7 Å². The zero-order valence-corrected chi connectivity index (χ0v) is 13.8. The van der Waals surface area contributed by atoms with Crippen LogP contribution in [0.4, 0.5) is 0 Å². The Labute approximate surface area is 137 Å². The second kappa shape index (κ2) is 7.23. The molecule has 3 heteroatoms. The maximum Gasteiger partial charge on any atom is 0.317 e. The SMILES string of the molecule is CC(C)(C)OC(=O)C(Cc1ccccc1)C(=O)c1ccccc1. The van der Waals surface area contributed by atoms with Gasteiger partial charge < -0.3 is 4.74 Å². The van der Waals surface area contributed by atoms with Gasteiger partial charge in [-0.3, -0.25) is 9.59 Å². The van der Waals surface area contributed by atoms with Crippen LogP contribution < -0.4 is 0 Å². The Bertz CT molecular complexity index is 654. The fourth-order valence-corrected chi connectivity index (χ4v) is 2.31. The van der Waals surface area contributed by atoms with Gasteiger partial charge in [0.25, 0.3) is 0 Å². The smallest absolute Gasteiger partial charge is 0.317 e. The van der Waals surface area contributed by atoms with Crippen molar-refractivity contribution in [2.45, 2.75) is 32.8 Å². The molecule has 3 nitrogen and oxygen atoms in total. The number of Topliss-reactive ketones (excluding diaryl/α,β-unsaturated/α-hetero) is 1. The number of rotatable bonds is 5. The summed E-state index contributed by atoms with van der Waals surface area (Å²) in [5.74, 6) is -1.52. The quantitative estimate of drug-likeness (QED) is 0.475. The van der Waals surface area contributed by atoms with Crippen LogP contribution >= 0.6 is 0 Å². The standard InChI is InChI=1S/C20H22O3/c1-20(2,3)23-19(22)17(14-15-10-6-4-7-11-15)18(21)16-12-8-5-9-13-16/h4-13,17H,14H2,1-3H3. The third kappa shape index (κ3) is 5.06. The van der Waals surface area contributed by atoms with E-state index in [4.69, 9.17) is 4.74 Å². The number of esters is 1. The highest BCUT2D eigenvalue weighted by atomic mass is 16.6. The predicted octanol–water partition coefficient (Wildman–Crippen LogP) is 4.07. The van der Waals surface area contributed by atoms with Crippen LogP contribution in [0.2, 0.25) is 0 Å². The first-order chi connectivity index (χ1) is 10.9. The average Bonchev–Trinajstić information content (AvgIpc) is 2.52. The van der Waals surface area contributed by atoms with Crippen molar-refractivity contribution in [2.24, 2.45) is 5.92 Å². The molecule has 0 N–H and O–H groups in total. The van der Waals surface area contributed by atoms with Crippen LogP contribution in [0.3, 0.4) is 0 Å². The summed E-state index contributed by atoms with van der Waals surface area (Å²) < 4.78 is 5.45. The van der Waals surface area contributed by atoms with Gasteiger partial charge in [-0.2, -0.15) is 0 Å². The van der Waals surface area contributed by atoms with E-state index in [9.17, 15) is 9.59 Å². The number of hydrogen-bond donors (Lipinski definition) is 0. The third-order valence-electron chi connectivity index (χ3n) is 3.35. The number of ketones is 1. The molecule has 0 aliphatic rings. The largest absolute Gasteiger partial charge is 0.459 e. The molecule has 0 fully saturated rings. The van der Waals surface area contributed by atoms with Crippen molar-refractivity contribution in [1.82, 2.24) is 0 Å². The van der Waals surface area contributed by atoms with Crippen molar-refractivity contribution < 1.29 is 14.3 Å². The minimum atomic E-state index is -0.834. The number of hydrogen-bond acceptors (Lipinski definition) is 3. The summed E-state index contributed by atoms with van der Waals surface area (Å²) in [6.45, 7) is 5.41. The second-order valence-corrected chi connectivity index (χ2v) is 6.51. The van der Waals surface area contributed by atoms with Crippen LogP contribution in [0.15, 0.2) is 60.7 Å². The van der Waals surface area contributed by atoms with Crippen LogP contribution in [0.25, 0.3) is 0 Å². The van der Waals surface area contributed by atoms with E-state index < -0.39 is 17.5 Å². The van der Waals surface area contributed by atoms with E-state index in [0.717, 1.165) is 5.56 Å². The molecule has 2 rings (SSSR count). The van der Waals surface area contributed by atoms with E-state index in [2.05, 4.69) is 0 Å². The molecule has 2 aromatic rings. The molecule has 120 valence electrons. The van der Waals surface area contributed by atoms with Crippen LogP contribution in [0, 0.1) is 5.92 Å². The molecule has 0 heterocycles. The summed E-state index contributed by atoms with van der Waals surface area (Å²) in [4.78, 5) is 25.3. The molecule has 0 aliphatic heterocycles. The molecular formula is C20H22O3. The summed E-state index contributed by atoms with van der Waals surface area (Å²) >= 11 is 0. The van der Waals surface area contributed by atoms with Crippen molar-refractivity contribution in [3.63, 3.8) is 0 Å². The lowest BCUT2D eigenvalue weighted by atomic mass is 9.91. The first-order valence-corrected chi connectivity index (χ1v) is 7.73. The van der Waals surface area contributed by atoms with Gasteiger partial charge in [-0.05, 0) is 32.8 Å². The fraction of sp³-hybridized carbons (Fsp3) is 0.300. The highest BCUT2D eigenvalue weighted by Crippen LogP contribution is 2.20. The lowest BCUT2D eigenvalue weighted by Crippen LogP contribution is -2.34. The van der Waals surface area contributed by atoms with E-state index in [1.165, 1.54) is 0 Å². The molecule has 0 aromatic heterocycles. The summed E-state index contributed by atoms with van der Waals surface area (Å²) in [5, 5.41) is 0. The summed E-state index contributed by atoms with van der Waals surface area (Å²) in [6.07, 6.45) is 0.337. The second-order valence-electron chi connectivity index (χ2n) is 6.51. The fourth-order valence-electron chi connectivity index (χ4n) is 2.31. The molecule has 0 saturated carbocycles. The van der Waals surface area contributed by atoms with Gasteiger partial charge >= 0.3 is 5.97 Å². The molecule has 0 amide bonds. The zero-order valence-electron chi connectivity index (χ0n) is 13.8. The maximum atomic E-state index is 12.8. The zero-order chi connectivity index (χ0) is 16.9. The van der Waals surface area contributed by atoms with Crippen molar-refractivity contribution in [3.05, 3.63) is 71.8 Å². The molecule has 23 heavy (non-hydrogen) atoms. The lowest BCUT2D eigenvalue weighted by Gasteiger charge is -2.23. The monoisotopic (exact) mass is 310 g/mol. The van der Waals surface area contributed by atoms with Gasteiger partial charge in [0.1, 0.15) is 11.5 Å². The van der Waals surface area contributed by atoms with Gasteiger partial charge in [0, 0.05) is 5.56 Å². The van der Waals surface area contributed by atoms with E-state index >= 15 is 0 Å². The number of ether oxygens (including phenoxy) is 1. The van der Waals surface area contributed by atoms with Crippen LogP contribution in [0.5, 0.6) is 0 Å². The van der Waals surface area contributed by atoms with Crippen molar-refractivity contribution in [3.8, 4) is 0 Å². The van der Waals surface area contributed by atoms with Gasteiger partial charge in [0.15, 0.2) is 5.78 Å². The van der Waals surface area contributed by atoms with Gasteiger partial charge in [-0.15, -0.1) is 0 Å². The Morgan fingerprint density at radius 2 is 1.43 bits per heavy atom. The summed E-state index contributed by atoms with van der Waals surface area (Å²) in [6, 6.07) is 18.4. The number of carbonyl (C=O) groups excluding carboxylic acids is 2. The molecule has 0 spiro atoms. The molecule has 0 aliphatic carbocycles. The van der Waals surface area contributed by atoms with Crippen molar-refractivity contribution in [1.29, 1.82) is 0 Å². The number of benzene rings is 2. The third-order valence-corrected chi connectivity index (χ3v) is 3.35. The Hall–Kier alpha value is -2.42. The van der Waals surface area contributed by atoms with E-state index in [0.29, 0.717) is 12.0 Å². The highest BCUT2D eigenvalue weighted by Gasteiger charge is 2.31. The molecule has 2 aromatic carbocycles. The van der Waals surface area contributed by atoms with E-state index in [1.807, 2.05) is 36.4 Å². The van der Waals surface area contributed by atoms with E-state index in [-0.39, 0.29) is 5.78 Å². The predicted molar refractivity (Wildman–Crippen MR) is 90.3 cm³/mol. The Balaban J connectivity index is 2.27. The van der Waals surface area contributed by atoms with Gasteiger partial charge in [0.2, 0.25) is 0 Å². The maximum absolute atomic E-state index is 12.8. The molecule has 0 saturated heterocycles. The molecule has 1 unspecified atom stereocenters. The van der Waals surface area contributed by atoms with Crippen LogP contribution in [-0.4, -0.2) is 17.4 Å². The van der Waals surface area contributed by atoms with Crippen molar-refractivity contribution >= 4 is 11.8 Å². The molecular weight excluding hydrogens is 288 g/mol. The topological polar surface area (TPSA) is 43.4 Å². The molecule has 0 radical (unpaired) electrons.